The van der Waals surface area contributed by atoms with Crippen LogP contribution in [0.3, 0.4) is 0 Å². The van der Waals surface area contributed by atoms with Gasteiger partial charge in [-0.1, -0.05) is 0 Å². The lowest BCUT2D eigenvalue weighted by molar-refractivity contribution is -0.113. The number of amides is 2. The number of aryl methyl sites for hydroxylation is 3. The number of hydrogen-bond donors (Lipinski definition) is 2. The van der Waals surface area contributed by atoms with Gasteiger partial charge < -0.3 is 10.6 Å². The van der Waals surface area contributed by atoms with E-state index in [0.717, 1.165) is 32.1 Å². The second-order valence-electron chi connectivity index (χ2n) is 6.09. The molecule has 26 heavy (non-hydrogen) atoms. The number of thioether (sulfide) groups is 1. The predicted molar refractivity (Wildman–Crippen MR) is 105 cm³/mol. The first-order chi connectivity index (χ1) is 12.4. The quantitative estimate of drug-likeness (QED) is 0.700. The molecule has 0 bridgehead atoms. The Kier molecular flexibility index (Phi) is 4.16. The molecule has 132 valence electrons. The fourth-order valence-corrected chi connectivity index (χ4v) is 5.00. The first-order valence-corrected chi connectivity index (χ1v) is 9.85. The highest BCUT2D eigenvalue weighted by atomic mass is 32.2. The number of anilines is 2. The third kappa shape index (κ3) is 2.95. The van der Waals surface area contributed by atoms with Gasteiger partial charge in [0.2, 0.25) is 5.91 Å². The maximum Gasteiger partial charge on any atom is 0.266 e. The number of aromatic nitrogens is 2. The van der Waals surface area contributed by atoms with E-state index in [2.05, 4.69) is 20.6 Å². The Morgan fingerprint density at radius 1 is 1.23 bits per heavy atom. The van der Waals surface area contributed by atoms with Crippen molar-refractivity contribution < 1.29 is 9.59 Å². The Morgan fingerprint density at radius 3 is 2.85 bits per heavy atom. The first kappa shape index (κ1) is 17.0. The summed E-state index contributed by atoms with van der Waals surface area (Å²) in [7, 11) is 0. The van der Waals surface area contributed by atoms with Gasteiger partial charge in [-0.05, 0) is 44.5 Å². The molecule has 1 aromatic carbocycles. The molecule has 4 rings (SSSR count). The van der Waals surface area contributed by atoms with Crippen LogP contribution in [0.5, 0.6) is 0 Å². The van der Waals surface area contributed by atoms with Crippen molar-refractivity contribution in [3.8, 4) is 0 Å². The van der Waals surface area contributed by atoms with Crippen LogP contribution in [0.1, 0.15) is 26.8 Å². The maximum absolute atomic E-state index is 12.8. The summed E-state index contributed by atoms with van der Waals surface area (Å²) in [6.45, 7) is 5.70. The average molecular weight is 384 g/mol. The van der Waals surface area contributed by atoms with Crippen molar-refractivity contribution in [3.63, 3.8) is 0 Å². The molecule has 2 aromatic heterocycles. The number of nitrogens with one attached hydrogen (secondary N) is 2. The zero-order chi connectivity index (χ0) is 18.4. The van der Waals surface area contributed by atoms with E-state index in [4.69, 9.17) is 0 Å². The second-order valence-corrected chi connectivity index (χ2v) is 8.11. The van der Waals surface area contributed by atoms with Gasteiger partial charge in [0.1, 0.15) is 10.7 Å². The summed E-state index contributed by atoms with van der Waals surface area (Å²) in [5.41, 5.74) is 3.15. The van der Waals surface area contributed by atoms with E-state index in [-0.39, 0.29) is 11.8 Å². The Hall–Kier alpha value is -2.45. The van der Waals surface area contributed by atoms with Crippen molar-refractivity contribution >= 4 is 56.5 Å². The highest BCUT2D eigenvalue weighted by molar-refractivity contribution is 8.00. The summed E-state index contributed by atoms with van der Waals surface area (Å²) in [6.07, 6.45) is 0. The summed E-state index contributed by atoms with van der Waals surface area (Å²) in [5.74, 6) is 0.902. The van der Waals surface area contributed by atoms with Crippen molar-refractivity contribution in [2.75, 3.05) is 16.4 Å². The van der Waals surface area contributed by atoms with E-state index in [1.807, 2.05) is 32.9 Å². The molecule has 0 saturated carbocycles. The van der Waals surface area contributed by atoms with E-state index < -0.39 is 0 Å². The van der Waals surface area contributed by atoms with Crippen LogP contribution in [-0.2, 0) is 4.79 Å². The third-order valence-corrected chi connectivity index (χ3v) is 6.42. The van der Waals surface area contributed by atoms with Crippen molar-refractivity contribution in [2.45, 2.75) is 25.7 Å². The summed E-state index contributed by atoms with van der Waals surface area (Å²) in [5, 5.41) is 6.70. The van der Waals surface area contributed by atoms with Crippen LogP contribution in [0.25, 0.3) is 10.2 Å². The van der Waals surface area contributed by atoms with Gasteiger partial charge in [-0.2, -0.15) is 0 Å². The minimum Gasteiger partial charge on any atom is -0.324 e. The van der Waals surface area contributed by atoms with Crippen molar-refractivity contribution in [1.29, 1.82) is 0 Å². The zero-order valence-electron chi connectivity index (χ0n) is 14.5. The Balaban J connectivity index is 1.66. The molecule has 0 saturated heterocycles. The smallest absolute Gasteiger partial charge is 0.266 e. The van der Waals surface area contributed by atoms with Gasteiger partial charge in [0.15, 0.2) is 0 Å². The number of fused-ring (bicyclic) bond motifs is 2. The SMILES string of the molecule is Cc1nc(C)c2c(C)c(C(=O)Nc3ccc4c(c3)NC(=O)CS4)sc2n1. The highest BCUT2D eigenvalue weighted by Gasteiger charge is 2.20. The summed E-state index contributed by atoms with van der Waals surface area (Å²) < 4.78 is 0. The van der Waals surface area contributed by atoms with Crippen LogP contribution in [0.2, 0.25) is 0 Å². The Morgan fingerprint density at radius 2 is 2.04 bits per heavy atom. The molecule has 6 nitrogen and oxygen atoms in total. The lowest BCUT2D eigenvalue weighted by Crippen LogP contribution is -2.19. The molecule has 2 N–H and O–H groups in total. The maximum atomic E-state index is 12.8. The van der Waals surface area contributed by atoms with Gasteiger partial charge in [-0.3, -0.25) is 9.59 Å². The summed E-state index contributed by atoms with van der Waals surface area (Å²) in [4.78, 5) is 35.6. The minimum atomic E-state index is -0.183. The fourth-order valence-electron chi connectivity index (χ4n) is 3.04. The van der Waals surface area contributed by atoms with E-state index in [1.165, 1.54) is 23.1 Å². The third-order valence-electron chi connectivity index (χ3n) is 4.16. The molecule has 3 heterocycles. The molecule has 1 aliphatic heterocycles. The number of carbonyl (C=O) groups excluding carboxylic acids is 2. The molecule has 0 fully saturated rings. The summed E-state index contributed by atoms with van der Waals surface area (Å²) >= 11 is 2.86. The van der Waals surface area contributed by atoms with Crippen LogP contribution in [0.4, 0.5) is 11.4 Å². The van der Waals surface area contributed by atoms with Gasteiger partial charge in [0.25, 0.3) is 5.91 Å². The van der Waals surface area contributed by atoms with Crippen LogP contribution >= 0.6 is 23.1 Å². The van der Waals surface area contributed by atoms with Gasteiger partial charge in [-0.15, -0.1) is 23.1 Å². The largest absolute Gasteiger partial charge is 0.324 e. The number of thiophene rings is 1. The van der Waals surface area contributed by atoms with Gasteiger partial charge in [0, 0.05) is 21.7 Å². The van der Waals surface area contributed by atoms with E-state index >= 15 is 0 Å². The van der Waals surface area contributed by atoms with Crippen molar-refractivity contribution in [3.05, 3.63) is 40.2 Å². The molecule has 0 aliphatic carbocycles. The molecule has 8 heteroatoms. The van der Waals surface area contributed by atoms with Crippen LogP contribution in [-0.4, -0.2) is 27.5 Å². The molecule has 1 aliphatic rings. The van der Waals surface area contributed by atoms with Crippen LogP contribution in [0, 0.1) is 20.8 Å². The fraction of sp³-hybridized carbons (Fsp3) is 0.222. The topological polar surface area (TPSA) is 84.0 Å². The summed E-state index contributed by atoms with van der Waals surface area (Å²) in [6, 6.07) is 5.54. The van der Waals surface area contributed by atoms with Gasteiger partial charge >= 0.3 is 0 Å². The number of nitrogens with zero attached hydrogens (tertiary/aromatic N) is 2. The Bertz CT molecular complexity index is 1070. The van der Waals surface area contributed by atoms with E-state index in [0.29, 0.717) is 22.1 Å². The van der Waals surface area contributed by atoms with Crippen LogP contribution < -0.4 is 10.6 Å². The van der Waals surface area contributed by atoms with Crippen molar-refractivity contribution in [2.24, 2.45) is 0 Å². The molecule has 2 amide bonds. The van der Waals surface area contributed by atoms with E-state index in [1.54, 1.807) is 6.07 Å². The first-order valence-electron chi connectivity index (χ1n) is 8.05. The number of hydrogen-bond acceptors (Lipinski definition) is 6. The molecule has 0 spiro atoms. The number of benzene rings is 1. The molecule has 0 radical (unpaired) electrons. The van der Waals surface area contributed by atoms with Crippen LogP contribution in [0.15, 0.2) is 23.1 Å². The molecule has 0 atom stereocenters. The highest BCUT2D eigenvalue weighted by Crippen LogP contribution is 2.35. The molecule has 0 unspecified atom stereocenters. The monoisotopic (exact) mass is 384 g/mol. The van der Waals surface area contributed by atoms with E-state index in [9.17, 15) is 9.59 Å². The minimum absolute atomic E-state index is 0.0317. The molecule has 3 aromatic rings. The number of rotatable bonds is 2. The Labute approximate surface area is 158 Å². The lowest BCUT2D eigenvalue weighted by atomic mass is 10.1. The zero-order valence-corrected chi connectivity index (χ0v) is 16.1. The second kappa shape index (κ2) is 6.37. The van der Waals surface area contributed by atoms with Gasteiger partial charge in [0.05, 0.1) is 16.3 Å². The predicted octanol–water partition coefficient (Wildman–Crippen LogP) is 3.91. The average Bonchev–Trinajstić information content (AvgIpc) is 2.91. The lowest BCUT2D eigenvalue weighted by Gasteiger charge is -2.17. The van der Waals surface area contributed by atoms with Crippen molar-refractivity contribution in [1.82, 2.24) is 9.97 Å². The van der Waals surface area contributed by atoms with Gasteiger partial charge in [-0.25, -0.2) is 9.97 Å². The molecular weight excluding hydrogens is 368 g/mol. The normalized spacial score (nSPS) is 13.4. The standard InChI is InChI=1S/C18H16N4O2S2/c1-8-15-9(2)19-10(3)20-18(15)26-16(8)17(24)21-11-4-5-13-12(6-11)22-14(23)7-25-13/h4-6H,7H2,1-3H3,(H,21,24)(H,22,23). The molecular formula is C18H16N4O2S2. The number of carbonyl (C=O) groups is 2.